The lowest BCUT2D eigenvalue weighted by atomic mass is 10.4. The van der Waals surface area contributed by atoms with Crippen LogP contribution in [0.2, 0.25) is 0 Å². The second-order valence-electron chi connectivity index (χ2n) is 2.64. The second-order valence-corrected chi connectivity index (χ2v) is 4.63. The van der Waals surface area contributed by atoms with Gasteiger partial charge in [-0.25, -0.2) is 0 Å². The van der Waals surface area contributed by atoms with E-state index in [0.29, 0.717) is 16.7 Å². The Hall–Kier alpha value is -0.490. The van der Waals surface area contributed by atoms with Gasteiger partial charge in [-0.2, -0.15) is 13.2 Å². The Kier molecular flexibility index (Phi) is 4.21. The van der Waals surface area contributed by atoms with Crippen LogP contribution in [-0.4, -0.2) is 16.1 Å². The van der Waals surface area contributed by atoms with E-state index in [0.717, 1.165) is 0 Å². The lowest BCUT2D eigenvalue weighted by Gasteiger charge is -2.11. The average Bonchev–Trinajstić information content (AvgIpc) is 2.16. The molecule has 1 nitrogen and oxygen atoms in total. The predicted octanol–water partition coefficient (Wildman–Crippen LogP) is 3.63. The van der Waals surface area contributed by atoms with Crippen molar-refractivity contribution in [2.24, 2.45) is 0 Å². The lowest BCUT2D eigenvalue weighted by Crippen LogP contribution is -2.29. The first-order valence-electron chi connectivity index (χ1n) is 3.89. The highest BCUT2D eigenvalue weighted by Crippen LogP contribution is 2.32. The average molecular weight is 299 g/mol. The Labute approximate surface area is 97.2 Å². The van der Waals surface area contributed by atoms with Crippen LogP contribution in [0.4, 0.5) is 13.2 Å². The van der Waals surface area contributed by atoms with E-state index in [1.165, 1.54) is 0 Å². The fourth-order valence-corrected chi connectivity index (χ4v) is 1.83. The van der Waals surface area contributed by atoms with Crippen molar-refractivity contribution in [1.82, 2.24) is 0 Å². The molecule has 0 spiro atoms. The fraction of sp³-hybridized carbons (Fsp3) is 0.222. The summed E-state index contributed by atoms with van der Waals surface area (Å²) in [6.45, 7) is 0. The number of carbonyl (C=O) groups is 1. The number of alkyl halides is 4. The van der Waals surface area contributed by atoms with Gasteiger partial charge in [0.2, 0.25) is 5.12 Å². The van der Waals surface area contributed by atoms with E-state index in [1.54, 1.807) is 30.3 Å². The van der Waals surface area contributed by atoms with Gasteiger partial charge in [-0.1, -0.05) is 45.9 Å². The monoisotopic (exact) mass is 298 g/mol. The van der Waals surface area contributed by atoms with Gasteiger partial charge in [0.1, 0.15) is 0 Å². The topological polar surface area (TPSA) is 17.1 Å². The number of carbonyl (C=O) groups excluding carboxylic acids is 1. The van der Waals surface area contributed by atoms with Gasteiger partial charge in [0.15, 0.2) is 4.83 Å². The van der Waals surface area contributed by atoms with Gasteiger partial charge in [-0.05, 0) is 12.1 Å². The van der Waals surface area contributed by atoms with Crippen molar-refractivity contribution in [3.05, 3.63) is 30.3 Å². The number of thioether (sulfide) groups is 1. The molecule has 15 heavy (non-hydrogen) atoms. The number of rotatable bonds is 2. The van der Waals surface area contributed by atoms with Crippen molar-refractivity contribution in [1.29, 1.82) is 0 Å². The van der Waals surface area contributed by atoms with Crippen LogP contribution in [-0.2, 0) is 4.79 Å². The minimum absolute atomic E-state index is 0.496. The van der Waals surface area contributed by atoms with Gasteiger partial charge in [0, 0.05) is 4.90 Å². The maximum absolute atomic E-state index is 12.1. The minimum atomic E-state index is -4.54. The summed E-state index contributed by atoms with van der Waals surface area (Å²) < 4.78 is 36.4. The normalized spacial score (nSPS) is 13.6. The van der Waals surface area contributed by atoms with Gasteiger partial charge >= 0.3 is 6.18 Å². The summed E-state index contributed by atoms with van der Waals surface area (Å²) >= 11 is 2.90. The Morgan fingerprint density at radius 2 is 1.80 bits per heavy atom. The Morgan fingerprint density at radius 3 is 2.27 bits per heavy atom. The number of hydrogen-bond acceptors (Lipinski definition) is 2. The summed E-state index contributed by atoms with van der Waals surface area (Å²) in [6.07, 6.45) is -4.54. The molecule has 0 heterocycles. The van der Waals surface area contributed by atoms with Gasteiger partial charge in [0.25, 0.3) is 0 Å². The zero-order valence-electron chi connectivity index (χ0n) is 7.29. The molecule has 0 aliphatic carbocycles. The van der Waals surface area contributed by atoms with E-state index < -0.39 is 16.1 Å². The first kappa shape index (κ1) is 12.6. The van der Waals surface area contributed by atoms with Crippen molar-refractivity contribution in [2.75, 3.05) is 0 Å². The molecule has 1 rings (SSSR count). The molecule has 0 radical (unpaired) electrons. The van der Waals surface area contributed by atoms with Crippen LogP contribution in [0, 0.1) is 0 Å². The van der Waals surface area contributed by atoms with Gasteiger partial charge < -0.3 is 0 Å². The quantitative estimate of drug-likeness (QED) is 0.613. The highest BCUT2D eigenvalue weighted by molar-refractivity contribution is 9.10. The van der Waals surface area contributed by atoms with Crippen LogP contribution in [0.15, 0.2) is 35.2 Å². The maximum Gasteiger partial charge on any atom is 0.409 e. The van der Waals surface area contributed by atoms with E-state index in [4.69, 9.17) is 0 Å². The summed E-state index contributed by atoms with van der Waals surface area (Å²) in [4.78, 5) is 9.54. The van der Waals surface area contributed by atoms with Crippen LogP contribution in [0.25, 0.3) is 0 Å². The van der Waals surface area contributed by atoms with E-state index >= 15 is 0 Å². The Balaban J connectivity index is 2.65. The van der Waals surface area contributed by atoms with Crippen LogP contribution in [0.3, 0.4) is 0 Å². The summed E-state index contributed by atoms with van der Waals surface area (Å²) in [5.41, 5.74) is 0. The molecule has 0 N–H and O–H groups in total. The predicted molar refractivity (Wildman–Crippen MR) is 56.1 cm³/mol. The highest BCUT2D eigenvalue weighted by atomic mass is 79.9. The van der Waals surface area contributed by atoms with Crippen molar-refractivity contribution in [2.45, 2.75) is 15.9 Å². The molecule has 82 valence electrons. The van der Waals surface area contributed by atoms with Crippen LogP contribution < -0.4 is 0 Å². The van der Waals surface area contributed by atoms with Crippen molar-refractivity contribution < 1.29 is 18.0 Å². The molecule has 0 fully saturated rings. The molecule has 1 aromatic carbocycles. The van der Waals surface area contributed by atoms with E-state index in [9.17, 15) is 18.0 Å². The summed E-state index contributed by atoms with van der Waals surface area (Å²) in [5.74, 6) is 0. The van der Waals surface area contributed by atoms with E-state index in [1.807, 2.05) is 0 Å². The molecule has 0 aliphatic heterocycles. The highest BCUT2D eigenvalue weighted by Gasteiger charge is 2.43. The molecule has 0 bridgehead atoms. The van der Waals surface area contributed by atoms with Crippen LogP contribution >= 0.6 is 27.7 Å². The van der Waals surface area contributed by atoms with Crippen LogP contribution in [0.1, 0.15) is 0 Å². The first-order chi connectivity index (χ1) is 6.91. The molecule has 1 unspecified atom stereocenters. The number of benzene rings is 1. The standard InChI is InChI=1S/C9H6BrF3OS/c10-7(9(11,12)13)8(14)15-6-4-2-1-3-5-6/h1-5,7H. The first-order valence-corrected chi connectivity index (χ1v) is 5.62. The molecule has 6 heteroatoms. The Morgan fingerprint density at radius 1 is 1.27 bits per heavy atom. The molecule has 1 aromatic rings. The third-order valence-electron chi connectivity index (χ3n) is 1.46. The largest absolute Gasteiger partial charge is 0.409 e. The van der Waals surface area contributed by atoms with Gasteiger partial charge in [-0.15, -0.1) is 0 Å². The molecule has 0 saturated heterocycles. The molecular weight excluding hydrogens is 293 g/mol. The lowest BCUT2D eigenvalue weighted by molar-refractivity contribution is -0.141. The number of halogens is 4. The Bertz CT molecular complexity index is 339. The molecule has 1 atom stereocenters. The third-order valence-corrected chi connectivity index (χ3v) is 3.64. The SMILES string of the molecule is O=C(Sc1ccccc1)C(Br)C(F)(F)F. The van der Waals surface area contributed by atoms with E-state index in [2.05, 4.69) is 15.9 Å². The molecule has 0 amide bonds. The molecule has 0 aliphatic rings. The minimum Gasteiger partial charge on any atom is -0.285 e. The molecular formula is C9H6BrF3OS. The summed E-state index contributed by atoms with van der Waals surface area (Å²) in [5, 5.41) is -0.964. The fourth-order valence-electron chi connectivity index (χ4n) is 0.790. The van der Waals surface area contributed by atoms with Crippen molar-refractivity contribution in [3.8, 4) is 0 Å². The number of hydrogen-bond donors (Lipinski definition) is 0. The zero-order valence-corrected chi connectivity index (χ0v) is 9.69. The van der Waals surface area contributed by atoms with Crippen molar-refractivity contribution in [3.63, 3.8) is 0 Å². The van der Waals surface area contributed by atoms with Crippen LogP contribution in [0.5, 0.6) is 0 Å². The maximum atomic E-state index is 12.1. The summed E-state index contributed by atoms with van der Waals surface area (Å²) in [6, 6.07) is 8.21. The third kappa shape index (κ3) is 3.87. The molecule has 0 aromatic heterocycles. The van der Waals surface area contributed by atoms with Gasteiger partial charge in [0.05, 0.1) is 0 Å². The molecule has 0 saturated carbocycles. The summed E-state index contributed by atoms with van der Waals surface area (Å²) in [7, 11) is 0. The van der Waals surface area contributed by atoms with Gasteiger partial charge in [-0.3, -0.25) is 4.79 Å². The smallest absolute Gasteiger partial charge is 0.285 e. The zero-order chi connectivity index (χ0) is 11.5. The van der Waals surface area contributed by atoms with E-state index in [-0.39, 0.29) is 0 Å². The second kappa shape index (κ2) is 5.03. The van der Waals surface area contributed by atoms with Crippen molar-refractivity contribution >= 4 is 32.8 Å².